The summed E-state index contributed by atoms with van der Waals surface area (Å²) in [5.74, 6) is 0. The van der Waals surface area contributed by atoms with Crippen LogP contribution in [0, 0.1) is 0 Å². The lowest BCUT2D eigenvalue weighted by molar-refractivity contribution is 0.278. The number of anilines is 1. The Morgan fingerprint density at radius 1 is 1.31 bits per heavy atom. The fourth-order valence-electron chi connectivity index (χ4n) is 1.55. The maximum Gasteiger partial charge on any atom is 0.0610 e. The minimum absolute atomic E-state index is 0.151. The molecule has 0 aliphatic carbocycles. The van der Waals surface area contributed by atoms with E-state index in [9.17, 15) is 0 Å². The Hall–Kier alpha value is -1.48. The van der Waals surface area contributed by atoms with Crippen molar-refractivity contribution in [1.29, 1.82) is 0 Å². The highest BCUT2D eigenvalue weighted by Crippen LogP contribution is 2.21. The molecule has 0 aliphatic rings. The summed E-state index contributed by atoms with van der Waals surface area (Å²) in [5.41, 5.74) is 7.65. The van der Waals surface area contributed by atoms with Gasteiger partial charge in [-0.25, -0.2) is 0 Å². The molecule has 0 atom stereocenters. The summed E-state index contributed by atoms with van der Waals surface area (Å²) < 4.78 is 1.99. The number of hydrogen-bond acceptors (Lipinski definition) is 2. The molecule has 1 aromatic carbocycles. The molecule has 0 unspecified atom stereocenters. The van der Waals surface area contributed by atoms with E-state index in [1.165, 1.54) is 0 Å². The second-order valence-corrected chi connectivity index (χ2v) is 3.01. The van der Waals surface area contributed by atoms with Crippen LogP contribution in [-0.2, 0) is 6.54 Å². The topological polar surface area (TPSA) is 51.2 Å². The molecule has 0 spiro atoms. The number of aliphatic hydroxyl groups is 1. The number of nitrogens with zero attached hydrogens (tertiary/aromatic N) is 1. The Labute approximate surface area is 76.4 Å². The van der Waals surface area contributed by atoms with E-state index in [2.05, 4.69) is 0 Å². The first-order valence-corrected chi connectivity index (χ1v) is 4.27. The van der Waals surface area contributed by atoms with E-state index in [0.717, 1.165) is 16.6 Å². The number of hydrogen-bond donors (Lipinski definition) is 2. The van der Waals surface area contributed by atoms with Gasteiger partial charge in [-0.1, -0.05) is 6.07 Å². The summed E-state index contributed by atoms with van der Waals surface area (Å²) in [6.45, 7) is 0.769. The number of nitrogens with two attached hydrogens (primary N) is 1. The zero-order valence-corrected chi connectivity index (χ0v) is 7.27. The highest BCUT2D eigenvalue weighted by atomic mass is 16.3. The highest BCUT2D eigenvalue weighted by Gasteiger charge is 2.01. The molecule has 0 saturated carbocycles. The molecule has 2 aromatic rings. The van der Waals surface area contributed by atoms with Gasteiger partial charge in [0.1, 0.15) is 0 Å². The van der Waals surface area contributed by atoms with Crippen LogP contribution in [-0.4, -0.2) is 16.3 Å². The maximum atomic E-state index is 8.81. The quantitative estimate of drug-likeness (QED) is 0.676. The maximum absolute atomic E-state index is 8.81. The molecule has 13 heavy (non-hydrogen) atoms. The third-order valence-corrected chi connectivity index (χ3v) is 2.19. The normalized spacial score (nSPS) is 10.8. The number of benzene rings is 1. The van der Waals surface area contributed by atoms with Gasteiger partial charge in [-0.05, 0) is 18.2 Å². The van der Waals surface area contributed by atoms with Crippen LogP contribution in [0.15, 0.2) is 30.5 Å². The summed E-state index contributed by atoms with van der Waals surface area (Å²) in [7, 11) is 0. The standard InChI is InChI=1S/C10H12N2O/c11-9-2-1-3-10-8(9)4-5-12(10)6-7-13/h1-5,13H,6-7,11H2. The van der Waals surface area contributed by atoms with Crippen molar-refractivity contribution < 1.29 is 5.11 Å². The molecular weight excluding hydrogens is 164 g/mol. The molecule has 1 heterocycles. The lowest BCUT2D eigenvalue weighted by atomic mass is 10.2. The van der Waals surface area contributed by atoms with Crippen molar-refractivity contribution in [3.05, 3.63) is 30.5 Å². The first-order chi connectivity index (χ1) is 6.33. The third kappa shape index (κ3) is 1.27. The molecular formula is C10H12N2O. The Morgan fingerprint density at radius 2 is 2.15 bits per heavy atom. The van der Waals surface area contributed by atoms with E-state index in [0.29, 0.717) is 6.54 Å². The molecule has 0 saturated heterocycles. The van der Waals surface area contributed by atoms with Crippen molar-refractivity contribution >= 4 is 16.6 Å². The average Bonchev–Trinajstić information content (AvgIpc) is 2.51. The fraction of sp³-hybridized carbons (Fsp3) is 0.200. The molecule has 0 bridgehead atoms. The van der Waals surface area contributed by atoms with Crippen LogP contribution in [0.25, 0.3) is 10.9 Å². The van der Waals surface area contributed by atoms with Crippen LogP contribution in [0.3, 0.4) is 0 Å². The lowest BCUT2D eigenvalue weighted by Gasteiger charge is -2.02. The average molecular weight is 176 g/mol. The molecule has 1 aromatic heterocycles. The van der Waals surface area contributed by atoms with Gasteiger partial charge < -0.3 is 15.4 Å². The van der Waals surface area contributed by atoms with Gasteiger partial charge in [0.15, 0.2) is 0 Å². The number of nitrogen functional groups attached to an aromatic ring is 1. The first-order valence-electron chi connectivity index (χ1n) is 4.27. The number of aliphatic hydroxyl groups excluding tert-OH is 1. The second kappa shape index (κ2) is 3.11. The fourth-order valence-corrected chi connectivity index (χ4v) is 1.55. The van der Waals surface area contributed by atoms with E-state index < -0.39 is 0 Å². The summed E-state index contributed by atoms with van der Waals surface area (Å²) in [4.78, 5) is 0. The molecule has 3 nitrogen and oxygen atoms in total. The van der Waals surface area contributed by atoms with Gasteiger partial charge in [-0.15, -0.1) is 0 Å². The molecule has 2 rings (SSSR count). The molecule has 0 amide bonds. The molecule has 3 N–H and O–H groups in total. The van der Waals surface area contributed by atoms with Crippen molar-refractivity contribution in [3.63, 3.8) is 0 Å². The minimum atomic E-state index is 0.151. The summed E-state index contributed by atoms with van der Waals surface area (Å²) in [6, 6.07) is 7.78. The van der Waals surface area contributed by atoms with Crippen molar-refractivity contribution in [3.8, 4) is 0 Å². The highest BCUT2D eigenvalue weighted by molar-refractivity contribution is 5.91. The van der Waals surface area contributed by atoms with E-state index in [-0.39, 0.29) is 6.61 Å². The van der Waals surface area contributed by atoms with Crippen molar-refractivity contribution in [1.82, 2.24) is 4.57 Å². The van der Waals surface area contributed by atoms with E-state index in [1.807, 2.05) is 35.0 Å². The minimum Gasteiger partial charge on any atom is -0.398 e. The Kier molecular flexibility index (Phi) is 1.94. The monoisotopic (exact) mass is 176 g/mol. The number of rotatable bonds is 2. The van der Waals surface area contributed by atoms with Crippen LogP contribution in [0.4, 0.5) is 5.69 Å². The summed E-state index contributed by atoms with van der Waals surface area (Å²) >= 11 is 0. The zero-order valence-electron chi connectivity index (χ0n) is 7.27. The number of aromatic nitrogens is 1. The SMILES string of the molecule is Nc1cccc2c1ccn2CCO. The Bertz CT molecular complexity index is 420. The largest absolute Gasteiger partial charge is 0.398 e. The smallest absolute Gasteiger partial charge is 0.0610 e. The second-order valence-electron chi connectivity index (χ2n) is 3.01. The van der Waals surface area contributed by atoms with E-state index in [4.69, 9.17) is 10.8 Å². The number of fused-ring (bicyclic) bond motifs is 1. The third-order valence-electron chi connectivity index (χ3n) is 2.19. The van der Waals surface area contributed by atoms with Crippen molar-refractivity contribution in [2.24, 2.45) is 0 Å². The van der Waals surface area contributed by atoms with Gasteiger partial charge in [0.05, 0.1) is 12.1 Å². The van der Waals surface area contributed by atoms with Crippen LogP contribution in [0.1, 0.15) is 0 Å². The molecule has 0 aliphatic heterocycles. The van der Waals surface area contributed by atoms with Crippen molar-refractivity contribution in [2.75, 3.05) is 12.3 Å². The zero-order chi connectivity index (χ0) is 9.26. The molecule has 68 valence electrons. The van der Waals surface area contributed by atoms with Crippen LogP contribution in [0.2, 0.25) is 0 Å². The van der Waals surface area contributed by atoms with Gasteiger partial charge in [0.2, 0.25) is 0 Å². The van der Waals surface area contributed by atoms with Crippen molar-refractivity contribution in [2.45, 2.75) is 6.54 Å². The lowest BCUT2D eigenvalue weighted by Crippen LogP contribution is -1.99. The van der Waals surface area contributed by atoms with Gasteiger partial charge in [-0.2, -0.15) is 0 Å². The Balaban J connectivity index is 2.61. The summed E-state index contributed by atoms with van der Waals surface area (Å²) in [5, 5.41) is 9.87. The molecule has 3 heteroatoms. The van der Waals surface area contributed by atoms with Crippen LogP contribution in [0.5, 0.6) is 0 Å². The van der Waals surface area contributed by atoms with Crippen LogP contribution >= 0.6 is 0 Å². The predicted molar refractivity (Wildman–Crippen MR) is 53.4 cm³/mol. The van der Waals surface area contributed by atoms with E-state index >= 15 is 0 Å². The Morgan fingerprint density at radius 3 is 2.92 bits per heavy atom. The van der Waals surface area contributed by atoms with E-state index in [1.54, 1.807) is 0 Å². The molecule has 0 fully saturated rings. The first kappa shape index (κ1) is 8.13. The van der Waals surface area contributed by atoms with Gasteiger partial charge in [-0.3, -0.25) is 0 Å². The predicted octanol–water partition coefficient (Wildman–Crippen LogP) is 1.22. The van der Waals surface area contributed by atoms with Gasteiger partial charge in [0, 0.05) is 23.8 Å². The molecule has 0 radical (unpaired) electrons. The van der Waals surface area contributed by atoms with Crippen LogP contribution < -0.4 is 5.73 Å². The van der Waals surface area contributed by atoms with Gasteiger partial charge >= 0.3 is 0 Å². The van der Waals surface area contributed by atoms with Gasteiger partial charge in [0.25, 0.3) is 0 Å². The summed E-state index contributed by atoms with van der Waals surface area (Å²) in [6.07, 6.45) is 1.94.